The van der Waals surface area contributed by atoms with Crippen molar-refractivity contribution >= 4 is 17.6 Å². The van der Waals surface area contributed by atoms with Crippen LogP contribution in [-0.4, -0.2) is 58.3 Å². The lowest BCUT2D eigenvalue weighted by molar-refractivity contribution is -0.119. The fourth-order valence-electron chi connectivity index (χ4n) is 6.12. The van der Waals surface area contributed by atoms with E-state index in [0.29, 0.717) is 43.7 Å². The van der Waals surface area contributed by atoms with E-state index in [1.54, 1.807) is 4.90 Å². The lowest BCUT2D eigenvalue weighted by Gasteiger charge is -2.34. The molecule has 0 radical (unpaired) electrons. The molecule has 4 fully saturated rings. The average Bonchev–Trinajstić information content (AvgIpc) is 3.71. The van der Waals surface area contributed by atoms with Crippen molar-refractivity contribution in [3.8, 4) is 6.07 Å². The molecule has 1 aromatic rings. The van der Waals surface area contributed by atoms with Gasteiger partial charge in [-0.15, -0.1) is 0 Å². The third kappa shape index (κ3) is 2.93. The Balaban J connectivity index is 1.49. The first-order chi connectivity index (χ1) is 15.1. The summed E-state index contributed by atoms with van der Waals surface area (Å²) in [5.74, 6) is 1.86. The van der Waals surface area contributed by atoms with Crippen LogP contribution in [-0.2, 0) is 9.53 Å². The Hall–Kier alpha value is -2.40. The molecule has 0 N–H and O–H groups in total. The summed E-state index contributed by atoms with van der Waals surface area (Å²) in [6.45, 7) is 3.89. The minimum absolute atomic E-state index is 0.0657. The molecule has 2 saturated heterocycles. The van der Waals surface area contributed by atoms with E-state index in [9.17, 15) is 14.9 Å². The highest BCUT2D eigenvalue weighted by atomic mass is 16.5. The maximum Gasteiger partial charge on any atom is 0.276 e. The van der Waals surface area contributed by atoms with Crippen LogP contribution in [0, 0.1) is 23.2 Å². The predicted octanol–water partition coefficient (Wildman–Crippen LogP) is 2.61. The number of aromatic nitrogens is 2. The molecule has 31 heavy (non-hydrogen) atoms. The molecule has 8 heteroatoms. The smallest absolute Gasteiger partial charge is 0.276 e. The lowest BCUT2D eigenvalue weighted by Crippen LogP contribution is -2.40. The Morgan fingerprint density at radius 1 is 1.19 bits per heavy atom. The van der Waals surface area contributed by atoms with Crippen LogP contribution >= 0.6 is 0 Å². The van der Waals surface area contributed by atoms with Crippen molar-refractivity contribution < 1.29 is 14.3 Å². The Kier molecular flexibility index (Phi) is 4.39. The molecule has 0 aromatic carbocycles. The summed E-state index contributed by atoms with van der Waals surface area (Å²) in [5.41, 5.74) is 1.47. The molecule has 6 rings (SSSR count). The van der Waals surface area contributed by atoms with Gasteiger partial charge < -0.3 is 9.64 Å². The monoisotopic (exact) mass is 423 g/mol. The van der Waals surface area contributed by atoms with Gasteiger partial charge in [0.25, 0.3) is 5.91 Å². The van der Waals surface area contributed by atoms with Crippen molar-refractivity contribution in [2.75, 3.05) is 24.7 Å². The molecule has 4 unspecified atom stereocenters. The summed E-state index contributed by atoms with van der Waals surface area (Å²) in [6.07, 6.45) is 6.11. The third-order valence-corrected chi connectivity index (χ3v) is 7.98. The maximum atomic E-state index is 13.9. The molecule has 0 spiro atoms. The Morgan fingerprint density at radius 3 is 2.65 bits per heavy atom. The number of hydrogen-bond acceptors (Lipinski definition) is 5. The van der Waals surface area contributed by atoms with E-state index < -0.39 is 0 Å². The van der Waals surface area contributed by atoms with E-state index >= 15 is 0 Å². The van der Waals surface area contributed by atoms with Crippen molar-refractivity contribution in [1.29, 1.82) is 5.26 Å². The second-order valence-corrected chi connectivity index (χ2v) is 9.82. The predicted molar refractivity (Wildman–Crippen MR) is 112 cm³/mol. The standard InChI is InChI=1S/C23H29N5O3/c1-2-26-19(29)11-17(13-3-4-13)20-21(23(30)27-16(12-24)9-14-10-18(14)27)25-28(22(20)26)15-5-7-31-8-6-15/h13-18H,2-11H2,1H3. The van der Waals surface area contributed by atoms with Gasteiger partial charge in [-0.05, 0) is 57.3 Å². The molecule has 2 aliphatic carbocycles. The zero-order chi connectivity index (χ0) is 21.3. The van der Waals surface area contributed by atoms with Gasteiger partial charge in [-0.3, -0.25) is 14.5 Å². The van der Waals surface area contributed by atoms with Gasteiger partial charge in [-0.2, -0.15) is 10.4 Å². The summed E-state index contributed by atoms with van der Waals surface area (Å²) in [6, 6.07) is 2.30. The zero-order valence-corrected chi connectivity index (χ0v) is 18.0. The van der Waals surface area contributed by atoms with E-state index in [1.165, 1.54) is 0 Å². The minimum atomic E-state index is -0.355. The molecule has 8 nitrogen and oxygen atoms in total. The number of likely N-dealkylation sites (tertiary alicyclic amines) is 1. The number of hydrogen-bond donors (Lipinski definition) is 0. The number of rotatable bonds is 4. The largest absolute Gasteiger partial charge is 0.381 e. The van der Waals surface area contributed by atoms with Crippen LogP contribution in [0.15, 0.2) is 0 Å². The van der Waals surface area contributed by atoms with Gasteiger partial charge in [0.2, 0.25) is 5.91 Å². The molecular weight excluding hydrogens is 394 g/mol. The number of piperidine rings is 1. The van der Waals surface area contributed by atoms with Crippen LogP contribution in [0.3, 0.4) is 0 Å². The van der Waals surface area contributed by atoms with Crippen LogP contribution in [0.25, 0.3) is 0 Å². The van der Waals surface area contributed by atoms with Crippen molar-refractivity contribution in [3.63, 3.8) is 0 Å². The van der Waals surface area contributed by atoms with Crippen LogP contribution in [0.4, 0.5) is 5.82 Å². The van der Waals surface area contributed by atoms with Crippen molar-refractivity contribution in [2.45, 2.75) is 75.9 Å². The first-order valence-corrected chi connectivity index (χ1v) is 11.8. The molecule has 2 amide bonds. The first kappa shape index (κ1) is 19.3. The number of fused-ring (bicyclic) bond motifs is 2. The minimum Gasteiger partial charge on any atom is -0.381 e. The maximum absolute atomic E-state index is 13.9. The molecule has 4 atom stereocenters. The van der Waals surface area contributed by atoms with Crippen LogP contribution in [0.1, 0.15) is 79.9 Å². The number of carbonyl (C=O) groups excluding carboxylic acids is 2. The van der Waals surface area contributed by atoms with Crippen molar-refractivity contribution in [3.05, 3.63) is 11.3 Å². The van der Waals surface area contributed by atoms with E-state index in [-0.39, 0.29) is 35.9 Å². The van der Waals surface area contributed by atoms with Gasteiger partial charge in [0.1, 0.15) is 11.9 Å². The number of anilines is 1. The Bertz CT molecular complexity index is 971. The van der Waals surface area contributed by atoms with E-state index in [4.69, 9.17) is 9.84 Å². The fourth-order valence-corrected chi connectivity index (χ4v) is 6.12. The summed E-state index contributed by atoms with van der Waals surface area (Å²) < 4.78 is 7.53. The normalized spacial score (nSPS) is 32.6. The van der Waals surface area contributed by atoms with Gasteiger partial charge in [-0.1, -0.05) is 0 Å². The van der Waals surface area contributed by atoms with Crippen LogP contribution in [0.2, 0.25) is 0 Å². The summed E-state index contributed by atoms with van der Waals surface area (Å²) in [5, 5.41) is 14.6. The number of nitriles is 1. The highest BCUT2D eigenvalue weighted by Gasteiger charge is 2.56. The molecule has 5 aliphatic rings. The van der Waals surface area contributed by atoms with Crippen LogP contribution in [0.5, 0.6) is 0 Å². The highest BCUT2D eigenvalue weighted by molar-refractivity contribution is 6.02. The molecule has 4 heterocycles. The number of ether oxygens (including phenoxy) is 1. The van der Waals surface area contributed by atoms with Crippen molar-refractivity contribution in [2.24, 2.45) is 11.8 Å². The molecule has 164 valence electrons. The number of carbonyl (C=O) groups is 2. The van der Waals surface area contributed by atoms with E-state index in [0.717, 1.165) is 49.9 Å². The van der Waals surface area contributed by atoms with Gasteiger partial charge in [0, 0.05) is 43.7 Å². The molecule has 3 aliphatic heterocycles. The molecular formula is C23H29N5O3. The van der Waals surface area contributed by atoms with E-state index in [1.807, 2.05) is 16.5 Å². The van der Waals surface area contributed by atoms with Crippen LogP contribution < -0.4 is 4.90 Å². The van der Waals surface area contributed by atoms with Gasteiger partial charge >= 0.3 is 0 Å². The average molecular weight is 424 g/mol. The number of amides is 2. The highest BCUT2D eigenvalue weighted by Crippen LogP contribution is 2.53. The van der Waals surface area contributed by atoms with E-state index in [2.05, 4.69) is 6.07 Å². The topological polar surface area (TPSA) is 91.5 Å². The summed E-state index contributed by atoms with van der Waals surface area (Å²) in [7, 11) is 0. The Morgan fingerprint density at radius 2 is 1.97 bits per heavy atom. The summed E-state index contributed by atoms with van der Waals surface area (Å²) >= 11 is 0. The second-order valence-electron chi connectivity index (χ2n) is 9.82. The van der Waals surface area contributed by atoms with Crippen molar-refractivity contribution in [1.82, 2.24) is 14.7 Å². The van der Waals surface area contributed by atoms with Gasteiger partial charge in [0.15, 0.2) is 5.69 Å². The SMILES string of the molecule is CCN1C(=O)CC(C2CC2)c2c(C(=O)N3C(C#N)CC4CC43)nn(C3CCOCC3)c21. The number of nitrogens with zero attached hydrogens (tertiary/aromatic N) is 5. The van der Waals surface area contributed by atoms with Gasteiger partial charge in [-0.25, -0.2) is 4.68 Å². The van der Waals surface area contributed by atoms with Gasteiger partial charge in [0.05, 0.1) is 12.1 Å². The summed E-state index contributed by atoms with van der Waals surface area (Å²) in [4.78, 5) is 30.6. The second kappa shape index (κ2) is 7.06. The third-order valence-electron chi connectivity index (χ3n) is 7.98. The molecule has 0 bridgehead atoms. The first-order valence-electron chi connectivity index (χ1n) is 11.8. The quantitative estimate of drug-likeness (QED) is 0.742. The fraction of sp³-hybridized carbons (Fsp3) is 0.739. The lowest BCUT2D eigenvalue weighted by atomic mass is 9.86. The zero-order valence-electron chi connectivity index (χ0n) is 18.0. The Labute approximate surface area is 182 Å². The molecule has 1 aromatic heterocycles. The molecule has 2 saturated carbocycles.